The predicted molar refractivity (Wildman–Crippen MR) is 96.3 cm³/mol. The molecule has 0 aromatic heterocycles. The standard InChI is InChI=1S/C17H19F3N2.2ClH/c18-17(19,20)12-16(22-10-8-21-9-11-22)15-7-3-5-13-4-1-2-6-14(13)15;;/h1-7,16,21H,8-12H2;2*1H/t16-;;/m1../s1. The molecule has 24 heavy (non-hydrogen) atoms. The third-order valence-electron chi connectivity index (χ3n) is 4.20. The molecule has 1 atom stereocenters. The van der Waals surface area contributed by atoms with E-state index in [1.165, 1.54) is 0 Å². The van der Waals surface area contributed by atoms with Crippen LogP contribution in [0.15, 0.2) is 42.5 Å². The summed E-state index contributed by atoms with van der Waals surface area (Å²) in [7, 11) is 0. The SMILES string of the molecule is Cl.Cl.FC(F)(F)C[C@H](c1cccc2ccccc12)N1CCNCC1. The van der Waals surface area contributed by atoms with Crippen molar-refractivity contribution in [1.82, 2.24) is 10.2 Å². The van der Waals surface area contributed by atoms with Gasteiger partial charge in [0.25, 0.3) is 0 Å². The zero-order chi connectivity index (χ0) is 15.6. The van der Waals surface area contributed by atoms with E-state index in [4.69, 9.17) is 0 Å². The number of alkyl halides is 3. The molecule has 2 nitrogen and oxygen atoms in total. The number of halogens is 5. The monoisotopic (exact) mass is 380 g/mol. The van der Waals surface area contributed by atoms with Crippen LogP contribution in [0.3, 0.4) is 0 Å². The molecule has 1 heterocycles. The lowest BCUT2D eigenvalue weighted by atomic mass is 9.95. The van der Waals surface area contributed by atoms with Crippen LogP contribution in [0.4, 0.5) is 13.2 Å². The third-order valence-corrected chi connectivity index (χ3v) is 4.20. The van der Waals surface area contributed by atoms with Gasteiger partial charge in [-0.05, 0) is 16.3 Å². The van der Waals surface area contributed by atoms with Gasteiger partial charge in [-0.2, -0.15) is 13.2 Å². The second-order valence-corrected chi connectivity index (χ2v) is 5.69. The van der Waals surface area contributed by atoms with E-state index in [1.54, 1.807) is 0 Å². The van der Waals surface area contributed by atoms with E-state index in [1.807, 2.05) is 47.4 Å². The van der Waals surface area contributed by atoms with Crippen molar-refractivity contribution in [1.29, 1.82) is 0 Å². The van der Waals surface area contributed by atoms with Crippen molar-refractivity contribution in [2.45, 2.75) is 18.6 Å². The van der Waals surface area contributed by atoms with E-state index in [9.17, 15) is 13.2 Å². The fourth-order valence-electron chi connectivity index (χ4n) is 3.19. The summed E-state index contributed by atoms with van der Waals surface area (Å²) in [6.07, 6.45) is -4.98. The fraction of sp³-hybridized carbons (Fsp3) is 0.412. The van der Waals surface area contributed by atoms with Crippen molar-refractivity contribution in [2.75, 3.05) is 26.2 Å². The molecule has 1 N–H and O–H groups in total. The van der Waals surface area contributed by atoms with Gasteiger partial charge < -0.3 is 5.32 Å². The molecule has 1 aliphatic heterocycles. The van der Waals surface area contributed by atoms with Gasteiger partial charge in [0.2, 0.25) is 0 Å². The number of rotatable bonds is 3. The average molecular weight is 381 g/mol. The van der Waals surface area contributed by atoms with Crippen molar-refractivity contribution < 1.29 is 13.2 Å². The highest BCUT2D eigenvalue weighted by Crippen LogP contribution is 2.37. The second kappa shape index (κ2) is 8.90. The summed E-state index contributed by atoms with van der Waals surface area (Å²) < 4.78 is 39.3. The zero-order valence-electron chi connectivity index (χ0n) is 13.1. The largest absolute Gasteiger partial charge is 0.390 e. The lowest BCUT2D eigenvalue weighted by Crippen LogP contribution is -2.46. The first-order valence-electron chi connectivity index (χ1n) is 7.54. The highest BCUT2D eigenvalue weighted by atomic mass is 35.5. The molecule has 134 valence electrons. The highest BCUT2D eigenvalue weighted by Gasteiger charge is 2.36. The summed E-state index contributed by atoms with van der Waals surface area (Å²) in [6.45, 7) is 2.76. The van der Waals surface area contributed by atoms with E-state index in [-0.39, 0.29) is 24.8 Å². The van der Waals surface area contributed by atoms with Gasteiger partial charge in [0, 0.05) is 32.2 Å². The molecule has 0 unspecified atom stereocenters. The molecule has 0 spiro atoms. The van der Waals surface area contributed by atoms with E-state index < -0.39 is 18.6 Å². The molecule has 2 aromatic rings. The van der Waals surface area contributed by atoms with Gasteiger partial charge in [-0.3, -0.25) is 4.90 Å². The molecule has 1 saturated heterocycles. The summed E-state index contributed by atoms with van der Waals surface area (Å²) in [4.78, 5) is 1.95. The molecule has 3 rings (SSSR count). The fourth-order valence-corrected chi connectivity index (χ4v) is 3.19. The number of nitrogens with zero attached hydrogens (tertiary/aromatic N) is 1. The van der Waals surface area contributed by atoms with E-state index in [0.717, 1.165) is 29.4 Å². The normalized spacial score (nSPS) is 17.0. The number of benzene rings is 2. The molecule has 0 radical (unpaired) electrons. The van der Waals surface area contributed by atoms with Crippen LogP contribution in [0.25, 0.3) is 10.8 Å². The molecular formula is C17H21Cl2F3N2. The summed E-state index contributed by atoms with van der Waals surface area (Å²) in [5, 5.41) is 5.10. The Labute approximate surface area is 152 Å². The van der Waals surface area contributed by atoms with Crippen LogP contribution in [0.1, 0.15) is 18.0 Å². The topological polar surface area (TPSA) is 15.3 Å². The molecule has 7 heteroatoms. The van der Waals surface area contributed by atoms with E-state index in [0.29, 0.717) is 13.1 Å². The van der Waals surface area contributed by atoms with E-state index in [2.05, 4.69) is 5.32 Å². The van der Waals surface area contributed by atoms with Gasteiger partial charge in [-0.25, -0.2) is 0 Å². The zero-order valence-corrected chi connectivity index (χ0v) is 14.7. The Morgan fingerprint density at radius 3 is 2.25 bits per heavy atom. The molecular weight excluding hydrogens is 360 g/mol. The lowest BCUT2D eigenvalue weighted by Gasteiger charge is -2.36. The number of piperazine rings is 1. The van der Waals surface area contributed by atoms with Gasteiger partial charge in [0.15, 0.2) is 0 Å². The van der Waals surface area contributed by atoms with Gasteiger partial charge in [-0.15, -0.1) is 24.8 Å². The first kappa shape index (κ1) is 21.0. The molecule has 0 aliphatic carbocycles. The molecule has 0 amide bonds. The first-order valence-corrected chi connectivity index (χ1v) is 7.54. The van der Waals surface area contributed by atoms with Crippen LogP contribution in [0, 0.1) is 0 Å². The molecule has 1 fully saturated rings. The Balaban J connectivity index is 0.00000144. The average Bonchev–Trinajstić information content (AvgIpc) is 2.52. The van der Waals surface area contributed by atoms with Crippen LogP contribution in [-0.4, -0.2) is 37.3 Å². The Kier molecular flexibility index (Phi) is 7.80. The van der Waals surface area contributed by atoms with Gasteiger partial charge in [0.05, 0.1) is 6.42 Å². The number of hydrogen-bond acceptors (Lipinski definition) is 2. The quantitative estimate of drug-likeness (QED) is 0.837. The molecule has 2 aromatic carbocycles. The number of fused-ring (bicyclic) bond motifs is 1. The van der Waals surface area contributed by atoms with Crippen molar-refractivity contribution in [2.24, 2.45) is 0 Å². The van der Waals surface area contributed by atoms with Crippen molar-refractivity contribution in [3.8, 4) is 0 Å². The summed E-state index contributed by atoms with van der Waals surface area (Å²) in [5.74, 6) is 0. The van der Waals surface area contributed by atoms with Crippen LogP contribution >= 0.6 is 24.8 Å². The minimum absolute atomic E-state index is 0. The number of nitrogens with one attached hydrogen (secondary N) is 1. The lowest BCUT2D eigenvalue weighted by molar-refractivity contribution is -0.148. The maximum absolute atomic E-state index is 13.1. The maximum atomic E-state index is 13.1. The van der Waals surface area contributed by atoms with Crippen molar-refractivity contribution in [3.05, 3.63) is 48.0 Å². The van der Waals surface area contributed by atoms with Gasteiger partial charge in [-0.1, -0.05) is 42.5 Å². The summed E-state index contributed by atoms with van der Waals surface area (Å²) in [6, 6.07) is 12.7. The van der Waals surface area contributed by atoms with Crippen LogP contribution in [0.5, 0.6) is 0 Å². The minimum atomic E-state index is -4.17. The van der Waals surface area contributed by atoms with Gasteiger partial charge >= 0.3 is 6.18 Å². The molecule has 0 bridgehead atoms. The molecule has 1 aliphatic rings. The van der Waals surface area contributed by atoms with Gasteiger partial charge in [0.1, 0.15) is 0 Å². The Morgan fingerprint density at radius 1 is 0.958 bits per heavy atom. The highest BCUT2D eigenvalue weighted by molar-refractivity contribution is 5.86. The van der Waals surface area contributed by atoms with Crippen molar-refractivity contribution >= 4 is 35.6 Å². The van der Waals surface area contributed by atoms with E-state index >= 15 is 0 Å². The predicted octanol–water partition coefficient (Wildman–Crippen LogP) is 4.58. The Hall–Kier alpha value is -1.01. The first-order chi connectivity index (χ1) is 10.5. The number of hydrogen-bond donors (Lipinski definition) is 1. The minimum Gasteiger partial charge on any atom is -0.314 e. The Morgan fingerprint density at radius 2 is 1.58 bits per heavy atom. The maximum Gasteiger partial charge on any atom is 0.390 e. The second-order valence-electron chi connectivity index (χ2n) is 5.69. The summed E-state index contributed by atoms with van der Waals surface area (Å²) >= 11 is 0. The third kappa shape index (κ3) is 4.99. The molecule has 0 saturated carbocycles. The summed E-state index contributed by atoms with van der Waals surface area (Å²) in [5.41, 5.74) is 0.775. The smallest absolute Gasteiger partial charge is 0.314 e. The van der Waals surface area contributed by atoms with Crippen LogP contribution < -0.4 is 5.32 Å². The van der Waals surface area contributed by atoms with Crippen molar-refractivity contribution in [3.63, 3.8) is 0 Å². The van der Waals surface area contributed by atoms with Crippen LogP contribution in [0.2, 0.25) is 0 Å². The van der Waals surface area contributed by atoms with Crippen LogP contribution in [-0.2, 0) is 0 Å². The Bertz CT molecular complexity index is 638.